The molecule has 19 heavy (non-hydrogen) atoms. The average Bonchev–Trinajstić information content (AvgIpc) is 2.44. The number of nitrogens with two attached hydrogens (primary N) is 1. The summed E-state index contributed by atoms with van der Waals surface area (Å²) in [5.41, 5.74) is 8.42. The van der Waals surface area contributed by atoms with Crippen molar-refractivity contribution in [2.45, 2.75) is 13.1 Å². The standard InChI is InChI=1S/C15H17N3O/c16-14-8-4-7-13(9-14)11-18-15(19)17-10-12-5-2-1-3-6-12/h1-9H,10-11,16H2,(H2,17,18,19). The Morgan fingerprint density at radius 2 is 1.53 bits per heavy atom. The number of urea groups is 1. The maximum Gasteiger partial charge on any atom is 0.315 e. The predicted molar refractivity (Wildman–Crippen MR) is 76.4 cm³/mol. The van der Waals surface area contributed by atoms with Gasteiger partial charge in [-0.2, -0.15) is 0 Å². The molecular weight excluding hydrogens is 238 g/mol. The highest BCUT2D eigenvalue weighted by atomic mass is 16.2. The SMILES string of the molecule is Nc1cccc(CNC(=O)NCc2ccccc2)c1. The molecule has 0 fully saturated rings. The predicted octanol–water partition coefficient (Wildman–Crippen LogP) is 2.27. The lowest BCUT2D eigenvalue weighted by molar-refractivity contribution is 0.240. The minimum atomic E-state index is -0.189. The van der Waals surface area contributed by atoms with Crippen LogP contribution in [0.1, 0.15) is 11.1 Å². The maximum absolute atomic E-state index is 11.6. The van der Waals surface area contributed by atoms with Crippen LogP contribution in [-0.2, 0) is 13.1 Å². The molecule has 2 amide bonds. The highest BCUT2D eigenvalue weighted by molar-refractivity contribution is 5.73. The third-order valence-electron chi connectivity index (χ3n) is 2.70. The zero-order chi connectivity index (χ0) is 13.5. The number of rotatable bonds is 4. The summed E-state index contributed by atoms with van der Waals surface area (Å²) in [5.74, 6) is 0. The van der Waals surface area contributed by atoms with Crippen LogP contribution in [0.15, 0.2) is 54.6 Å². The number of hydrogen-bond donors (Lipinski definition) is 3. The fourth-order valence-electron chi connectivity index (χ4n) is 1.73. The first kappa shape index (κ1) is 13.0. The van der Waals surface area contributed by atoms with Gasteiger partial charge in [-0.3, -0.25) is 0 Å². The summed E-state index contributed by atoms with van der Waals surface area (Å²) in [6, 6.07) is 17.0. The highest BCUT2D eigenvalue weighted by Gasteiger charge is 2.00. The molecule has 0 heterocycles. The van der Waals surface area contributed by atoms with Gasteiger partial charge in [0, 0.05) is 18.8 Å². The van der Waals surface area contributed by atoms with Gasteiger partial charge in [0.05, 0.1) is 0 Å². The lowest BCUT2D eigenvalue weighted by Crippen LogP contribution is -2.34. The molecule has 0 aromatic heterocycles. The first-order valence-corrected chi connectivity index (χ1v) is 6.14. The molecular formula is C15H17N3O. The molecule has 0 saturated heterocycles. The van der Waals surface area contributed by atoms with Gasteiger partial charge in [0.25, 0.3) is 0 Å². The van der Waals surface area contributed by atoms with Crippen LogP contribution in [0.3, 0.4) is 0 Å². The fourth-order valence-corrected chi connectivity index (χ4v) is 1.73. The third kappa shape index (κ3) is 4.35. The Labute approximate surface area is 112 Å². The van der Waals surface area contributed by atoms with E-state index in [9.17, 15) is 4.79 Å². The molecule has 4 nitrogen and oxygen atoms in total. The van der Waals surface area contributed by atoms with Crippen molar-refractivity contribution < 1.29 is 4.79 Å². The Kier molecular flexibility index (Phi) is 4.39. The van der Waals surface area contributed by atoms with Crippen LogP contribution in [0.4, 0.5) is 10.5 Å². The molecule has 0 atom stereocenters. The number of benzene rings is 2. The summed E-state index contributed by atoms with van der Waals surface area (Å²) in [6.45, 7) is 0.981. The van der Waals surface area contributed by atoms with E-state index in [1.54, 1.807) is 0 Å². The van der Waals surface area contributed by atoms with Crippen molar-refractivity contribution in [3.05, 3.63) is 65.7 Å². The molecule has 2 rings (SSSR count). The maximum atomic E-state index is 11.6. The Hall–Kier alpha value is -2.49. The minimum absolute atomic E-state index is 0.189. The Morgan fingerprint density at radius 1 is 0.895 bits per heavy atom. The van der Waals surface area contributed by atoms with E-state index in [-0.39, 0.29) is 6.03 Å². The number of amides is 2. The van der Waals surface area contributed by atoms with Gasteiger partial charge in [-0.05, 0) is 23.3 Å². The molecule has 0 bridgehead atoms. The number of anilines is 1. The monoisotopic (exact) mass is 255 g/mol. The van der Waals surface area contributed by atoms with E-state index in [1.807, 2.05) is 54.6 Å². The van der Waals surface area contributed by atoms with Gasteiger partial charge in [-0.1, -0.05) is 42.5 Å². The Morgan fingerprint density at radius 3 is 2.21 bits per heavy atom. The Bertz CT molecular complexity index is 540. The third-order valence-corrected chi connectivity index (χ3v) is 2.70. The second kappa shape index (κ2) is 6.44. The Balaban J connectivity index is 1.76. The normalized spacial score (nSPS) is 9.89. The molecule has 4 N–H and O–H groups in total. The molecule has 2 aromatic carbocycles. The van der Waals surface area contributed by atoms with Crippen LogP contribution in [0.5, 0.6) is 0 Å². The van der Waals surface area contributed by atoms with E-state index >= 15 is 0 Å². The molecule has 0 saturated carbocycles. The molecule has 0 spiro atoms. The molecule has 0 radical (unpaired) electrons. The largest absolute Gasteiger partial charge is 0.399 e. The van der Waals surface area contributed by atoms with Crippen molar-refractivity contribution in [2.75, 3.05) is 5.73 Å². The van der Waals surface area contributed by atoms with Crippen LogP contribution in [0, 0.1) is 0 Å². The number of nitrogen functional groups attached to an aromatic ring is 1. The number of carbonyl (C=O) groups is 1. The molecule has 0 aliphatic rings. The van der Waals surface area contributed by atoms with Crippen molar-refractivity contribution in [1.29, 1.82) is 0 Å². The zero-order valence-corrected chi connectivity index (χ0v) is 10.6. The molecule has 2 aromatic rings. The van der Waals surface area contributed by atoms with Crippen LogP contribution >= 0.6 is 0 Å². The van der Waals surface area contributed by atoms with Crippen molar-refractivity contribution in [1.82, 2.24) is 10.6 Å². The quantitative estimate of drug-likeness (QED) is 0.734. The fraction of sp³-hybridized carbons (Fsp3) is 0.133. The van der Waals surface area contributed by atoms with Crippen molar-refractivity contribution in [3.8, 4) is 0 Å². The first-order valence-electron chi connectivity index (χ1n) is 6.14. The molecule has 4 heteroatoms. The van der Waals surface area contributed by atoms with Crippen molar-refractivity contribution in [3.63, 3.8) is 0 Å². The minimum Gasteiger partial charge on any atom is -0.399 e. The van der Waals surface area contributed by atoms with Crippen LogP contribution in [0.25, 0.3) is 0 Å². The summed E-state index contributed by atoms with van der Waals surface area (Å²) < 4.78 is 0. The number of carbonyl (C=O) groups excluding carboxylic acids is 1. The molecule has 0 unspecified atom stereocenters. The second-order valence-electron chi connectivity index (χ2n) is 4.27. The molecule has 0 aliphatic heterocycles. The average molecular weight is 255 g/mol. The van der Waals surface area contributed by atoms with E-state index in [2.05, 4.69) is 10.6 Å². The van der Waals surface area contributed by atoms with E-state index < -0.39 is 0 Å². The smallest absolute Gasteiger partial charge is 0.315 e. The molecule has 98 valence electrons. The van der Waals surface area contributed by atoms with Gasteiger partial charge >= 0.3 is 6.03 Å². The van der Waals surface area contributed by atoms with Gasteiger partial charge in [-0.15, -0.1) is 0 Å². The van der Waals surface area contributed by atoms with Crippen LogP contribution in [-0.4, -0.2) is 6.03 Å². The van der Waals surface area contributed by atoms with E-state index in [0.717, 1.165) is 11.1 Å². The van der Waals surface area contributed by atoms with Gasteiger partial charge < -0.3 is 16.4 Å². The van der Waals surface area contributed by atoms with Crippen LogP contribution < -0.4 is 16.4 Å². The van der Waals surface area contributed by atoms with Gasteiger partial charge in [-0.25, -0.2) is 4.79 Å². The van der Waals surface area contributed by atoms with E-state index in [4.69, 9.17) is 5.73 Å². The number of nitrogens with one attached hydrogen (secondary N) is 2. The van der Waals surface area contributed by atoms with Gasteiger partial charge in [0.15, 0.2) is 0 Å². The lowest BCUT2D eigenvalue weighted by atomic mass is 10.2. The lowest BCUT2D eigenvalue weighted by Gasteiger charge is -2.08. The molecule has 0 aliphatic carbocycles. The number of hydrogen-bond acceptors (Lipinski definition) is 2. The summed E-state index contributed by atoms with van der Waals surface area (Å²) in [4.78, 5) is 11.6. The second-order valence-corrected chi connectivity index (χ2v) is 4.27. The van der Waals surface area contributed by atoms with Gasteiger partial charge in [0.2, 0.25) is 0 Å². The summed E-state index contributed by atoms with van der Waals surface area (Å²) >= 11 is 0. The van der Waals surface area contributed by atoms with Crippen LogP contribution in [0.2, 0.25) is 0 Å². The van der Waals surface area contributed by atoms with Gasteiger partial charge in [0.1, 0.15) is 0 Å². The summed E-state index contributed by atoms with van der Waals surface area (Å²) in [5, 5.41) is 5.59. The van der Waals surface area contributed by atoms with E-state index in [0.29, 0.717) is 18.8 Å². The summed E-state index contributed by atoms with van der Waals surface area (Å²) in [6.07, 6.45) is 0. The summed E-state index contributed by atoms with van der Waals surface area (Å²) in [7, 11) is 0. The highest BCUT2D eigenvalue weighted by Crippen LogP contribution is 2.05. The van der Waals surface area contributed by atoms with Crippen molar-refractivity contribution >= 4 is 11.7 Å². The van der Waals surface area contributed by atoms with E-state index in [1.165, 1.54) is 0 Å². The van der Waals surface area contributed by atoms with Crippen molar-refractivity contribution in [2.24, 2.45) is 0 Å². The first-order chi connectivity index (χ1) is 9.24. The zero-order valence-electron chi connectivity index (χ0n) is 10.6. The topological polar surface area (TPSA) is 67.1 Å².